The van der Waals surface area contributed by atoms with E-state index < -0.39 is 10.0 Å². The van der Waals surface area contributed by atoms with Crippen LogP contribution in [0, 0.1) is 0 Å². The fourth-order valence-corrected chi connectivity index (χ4v) is 5.30. The molecule has 8 heteroatoms. The maximum Gasteiger partial charge on any atom is 0.255 e. The second-order valence-corrected chi connectivity index (χ2v) is 10.2. The zero-order valence-electron chi connectivity index (χ0n) is 17.8. The van der Waals surface area contributed by atoms with Crippen molar-refractivity contribution < 1.29 is 13.2 Å². The van der Waals surface area contributed by atoms with Gasteiger partial charge in [0, 0.05) is 31.1 Å². The molecule has 7 nitrogen and oxygen atoms in total. The molecule has 2 aliphatic rings. The minimum atomic E-state index is -3.48. The number of carbonyl (C=O) groups excluding carboxylic acids is 1. The lowest BCUT2D eigenvalue weighted by Gasteiger charge is -2.20. The maximum absolute atomic E-state index is 13.1. The highest BCUT2D eigenvalue weighted by Crippen LogP contribution is 2.27. The molecule has 2 fully saturated rings. The van der Waals surface area contributed by atoms with Crippen LogP contribution in [0.4, 0.5) is 5.82 Å². The number of fused-ring (bicyclic) bond motifs is 1. The molecule has 0 bridgehead atoms. The zero-order chi connectivity index (χ0) is 22.1. The van der Waals surface area contributed by atoms with E-state index in [1.807, 2.05) is 30.3 Å². The number of pyridine rings is 1. The summed E-state index contributed by atoms with van der Waals surface area (Å²) in [5.74, 6) is 0.545. The third kappa shape index (κ3) is 4.47. The van der Waals surface area contributed by atoms with Crippen molar-refractivity contribution in [3.63, 3.8) is 0 Å². The van der Waals surface area contributed by atoms with Crippen LogP contribution in [0.1, 0.15) is 41.6 Å². The van der Waals surface area contributed by atoms with Gasteiger partial charge in [-0.15, -0.1) is 0 Å². The molecule has 1 aliphatic carbocycles. The molecule has 3 aromatic rings. The van der Waals surface area contributed by atoms with Crippen LogP contribution in [0.15, 0.2) is 59.5 Å². The van der Waals surface area contributed by atoms with Gasteiger partial charge in [0.15, 0.2) is 0 Å². The monoisotopic (exact) mass is 450 g/mol. The Morgan fingerprint density at radius 1 is 1.03 bits per heavy atom. The van der Waals surface area contributed by atoms with Crippen LogP contribution >= 0.6 is 0 Å². The second kappa shape index (κ2) is 8.52. The Hall–Kier alpha value is -2.97. The van der Waals surface area contributed by atoms with Crippen molar-refractivity contribution in [2.45, 2.75) is 43.2 Å². The summed E-state index contributed by atoms with van der Waals surface area (Å²) in [4.78, 5) is 20.3. The van der Waals surface area contributed by atoms with Gasteiger partial charge in [0.25, 0.3) is 5.91 Å². The van der Waals surface area contributed by atoms with Crippen LogP contribution in [0.5, 0.6) is 0 Å². The van der Waals surface area contributed by atoms with Crippen molar-refractivity contribution in [1.29, 1.82) is 0 Å². The molecule has 1 saturated carbocycles. The fourth-order valence-electron chi connectivity index (χ4n) is 4.00. The van der Waals surface area contributed by atoms with E-state index in [9.17, 15) is 13.2 Å². The largest absolute Gasteiger partial charge is 0.356 e. The Balaban J connectivity index is 1.33. The van der Waals surface area contributed by atoms with E-state index >= 15 is 0 Å². The van der Waals surface area contributed by atoms with Gasteiger partial charge in [-0.25, -0.2) is 18.1 Å². The molecule has 5 rings (SSSR count). The fraction of sp³-hybridized carbons (Fsp3) is 0.333. The number of nitrogens with one attached hydrogen (secondary N) is 2. The van der Waals surface area contributed by atoms with Crippen molar-refractivity contribution in [2.24, 2.45) is 0 Å². The first-order chi connectivity index (χ1) is 15.5. The molecule has 1 saturated heterocycles. The first kappa shape index (κ1) is 20.9. The first-order valence-corrected chi connectivity index (χ1v) is 12.5. The van der Waals surface area contributed by atoms with Crippen molar-refractivity contribution in [1.82, 2.24) is 15.0 Å². The number of benzene rings is 2. The lowest BCUT2D eigenvalue weighted by atomic mass is 10.1. The maximum atomic E-state index is 13.1. The average Bonchev–Trinajstić information content (AvgIpc) is 3.43. The van der Waals surface area contributed by atoms with Gasteiger partial charge < -0.3 is 10.2 Å². The molecule has 1 amide bonds. The summed E-state index contributed by atoms with van der Waals surface area (Å²) in [7, 11) is -3.48. The highest BCUT2D eigenvalue weighted by molar-refractivity contribution is 7.89. The summed E-state index contributed by atoms with van der Waals surface area (Å²) in [6, 6.07) is 16.4. The molecule has 2 N–H and O–H groups in total. The molecule has 0 atom stereocenters. The summed E-state index contributed by atoms with van der Waals surface area (Å²) < 4.78 is 27.3. The number of amides is 1. The standard InChI is InChI=1S/C24H26N4O3S/c29-24(25-16-17-7-11-20(12-8-17)32(30,31)27-19-9-10-19)21-15-18-5-1-2-6-22(18)26-23(21)28-13-3-4-14-28/h1-2,5-8,11-12,15,19,27H,3-4,9-10,13-14,16H2,(H,25,29). The van der Waals surface area contributed by atoms with E-state index in [0.29, 0.717) is 12.1 Å². The Bertz CT molecular complexity index is 1250. The normalized spacial score (nSPS) is 16.4. The van der Waals surface area contributed by atoms with Crippen molar-refractivity contribution >= 4 is 32.7 Å². The number of rotatable bonds is 7. The third-order valence-electron chi connectivity index (χ3n) is 5.94. The van der Waals surface area contributed by atoms with E-state index in [0.717, 1.165) is 61.1 Å². The lowest BCUT2D eigenvalue weighted by molar-refractivity contribution is 0.0951. The van der Waals surface area contributed by atoms with Gasteiger partial charge in [-0.05, 0) is 55.5 Å². The molecule has 0 spiro atoms. The van der Waals surface area contributed by atoms with Crippen molar-refractivity contribution in [3.8, 4) is 0 Å². The minimum absolute atomic E-state index is 0.0688. The van der Waals surface area contributed by atoms with Gasteiger partial charge in [0.1, 0.15) is 5.82 Å². The molecule has 1 aromatic heterocycles. The molecular weight excluding hydrogens is 424 g/mol. The highest BCUT2D eigenvalue weighted by Gasteiger charge is 2.28. The van der Waals surface area contributed by atoms with Crippen LogP contribution in [-0.2, 0) is 16.6 Å². The second-order valence-electron chi connectivity index (χ2n) is 8.47. The Kier molecular flexibility index (Phi) is 5.57. The van der Waals surface area contributed by atoms with E-state index in [1.165, 1.54) is 0 Å². The number of para-hydroxylation sites is 1. The van der Waals surface area contributed by atoms with Crippen LogP contribution in [0.25, 0.3) is 10.9 Å². The third-order valence-corrected chi connectivity index (χ3v) is 7.48. The van der Waals surface area contributed by atoms with Gasteiger partial charge >= 0.3 is 0 Å². The topological polar surface area (TPSA) is 91.4 Å². The smallest absolute Gasteiger partial charge is 0.255 e. The van der Waals surface area contributed by atoms with E-state index in [4.69, 9.17) is 4.98 Å². The van der Waals surface area contributed by atoms with Crippen molar-refractivity contribution in [3.05, 3.63) is 65.7 Å². The summed E-state index contributed by atoms with van der Waals surface area (Å²) in [6.07, 6.45) is 3.99. The molecule has 1 aliphatic heterocycles. The van der Waals surface area contributed by atoms with E-state index in [2.05, 4.69) is 14.9 Å². The number of sulfonamides is 1. The van der Waals surface area contributed by atoms with Gasteiger partial charge in [-0.1, -0.05) is 30.3 Å². The molecule has 0 unspecified atom stereocenters. The van der Waals surface area contributed by atoms with Crippen LogP contribution in [0.2, 0.25) is 0 Å². The number of aromatic nitrogens is 1. The molecule has 32 heavy (non-hydrogen) atoms. The average molecular weight is 451 g/mol. The van der Waals surface area contributed by atoms with Gasteiger partial charge in [-0.2, -0.15) is 0 Å². The van der Waals surface area contributed by atoms with Gasteiger partial charge in [0.2, 0.25) is 10.0 Å². The number of carbonyl (C=O) groups is 1. The molecule has 166 valence electrons. The molecule has 0 radical (unpaired) electrons. The van der Waals surface area contributed by atoms with Crippen LogP contribution < -0.4 is 14.9 Å². The minimum Gasteiger partial charge on any atom is -0.356 e. The van der Waals surface area contributed by atoms with E-state index in [1.54, 1.807) is 24.3 Å². The molecular formula is C24H26N4O3S. The summed E-state index contributed by atoms with van der Waals surface area (Å²) in [5.41, 5.74) is 2.28. The number of nitrogens with zero attached hydrogens (tertiary/aromatic N) is 2. The number of anilines is 1. The highest BCUT2D eigenvalue weighted by atomic mass is 32.2. The Morgan fingerprint density at radius 3 is 2.47 bits per heavy atom. The number of hydrogen-bond acceptors (Lipinski definition) is 5. The predicted octanol–water partition coefficient (Wildman–Crippen LogP) is 3.21. The SMILES string of the molecule is O=C(NCc1ccc(S(=O)(=O)NC2CC2)cc1)c1cc2ccccc2nc1N1CCCC1. The Labute approximate surface area is 187 Å². The quantitative estimate of drug-likeness (QED) is 0.577. The van der Waals surface area contributed by atoms with Crippen LogP contribution in [-0.4, -0.2) is 38.4 Å². The zero-order valence-corrected chi connectivity index (χ0v) is 18.6. The van der Waals surface area contributed by atoms with Gasteiger partial charge in [-0.3, -0.25) is 4.79 Å². The summed E-state index contributed by atoms with van der Waals surface area (Å²) in [5, 5.41) is 3.90. The lowest BCUT2D eigenvalue weighted by Crippen LogP contribution is -2.28. The summed E-state index contributed by atoms with van der Waals surface area (Å²) in [6.45, 7) is 2.11. The summed E-state index contributed by atoms with van der Waals surface area (Å²) >= 11 is 0. The number of hydrogen-bond donors (Lipinski definition) is 2. The Morgan fingerprint density at radius 2 is 1.75 bits per heavy atom. The first-order valence-electron chi connectivity index (χ1n) is 11.0. The van der Waals surface area contributed by atoms with Crippen LogP contribution in [0.3, 0.4) is 0 Å². The molecule has 2 aromatic carbocycles. The van der Waals surface area contributed by atoms with Gasteiger partial charge in [0.05, 0.1) is 16.0 Å². The molecule has 2 heterocycles. The predicted molar refractivity (Wildman–Crippen MR) is 124 cm³/mol. The van der Waals surface area contributed by atoms with E-state index in [-0.39, 0.29) is 16.8 Å². The van der Waals surface area contributed by atoms with Crippen molar-refractivity contribution in [2.75, 3.05) is 18.0 Å².